The van der Waals surface area contributed by atoms with Gasteiger partial charge < -0.3 is 10.2 Å². The number of nitrogens with zero attached hydrogens (tertiary/aromatic N) is 3. The van der Waals surface area contributed by atoms with Crippen LogP contribution in [-0.2, 0) is 11.3 Å². The van der Waals surface area contributed by atoms with Gasteiger partial charge in [0.15, 0.2) is 5.82 Å². The van der Waals surface area contributed by atoms with Crippen LogP contribution in [-0.4, -0.2) is 22.1 Å². The summed E-state index contributed by atoms with van der Waals surface area (Å²) in [7, 11) is 1.62. The van der Waals surface area contributed by atoms with Gasteiger partial charge in [-0.3, -0.25) is 4.98 Å². The lowest BCUT2D eigenvalue weighted by molar-refractivity contribution is 0.181. The highest BCUT2D eigenvalue weighted by Crippen LogP contribution is 2.17. The Labute approximate surface area is 105 Å². The molecule has 0 aliphatic rings. The molecule has 18 heavy (non-hydrogen) atoms. The van der Waals surface area contributed by atoms with Gasteiger partial charge in [0.05, 0.1) is 12.3 Å². The summed E-state index contributed by atoms with van der Waals surface area (Å²) in [6.45, 7) is 2.34. The molecule has 0 unspecified atom stereocenters. The monoisotopic (exact) mass is 245 g/mol. The highest BCUT2D eigenvalue weighted by molar-refractivity contribution is 5.56. The third-order valence-electron chi connectivity index (χ3n) is 2.39. The SMILES string of the molecule is COCc1cc(NN)nc(-c2ccc(C)nc2)n1. The minimum Gasteiger partial charge on any atom is -0.378 e. The maximum absolute atomic E-state index is 5.39. The van der Waals surface area contributed by atoms with Crippen molar-refractivity contribution in [1.82, 2.24) is 15.0 Å². The van der Waals surface area contributed by atoms with Gasteiger partial charge in [0, 0.05) is 30.6 Å². The van der Waals surface area contributed by atoms with E-state index in [2.05, 4.69) is 20.4 Å². The number of nitrogen functional groups attached to an aromatic ring is 1. The molecule has 2 heterocycles. The molecule has 0 spiro atoms. The van der Waals surface area contributed by atoms with Crippen LogP contribution in [0, 0.1) is 6.92 Å². The van der Waals surface area contributed by atoms with Gasteiger partial charge in [-0.25, -0.2) is 15.8 Å². The van der Waals surface area contributed by atoms with E-state index in [4.69, 9.17) is 10.6 Å². The standard InChI is InChI=1S/C12H15N5O/c1-8-3-4-9(6-14-8)12-15-10(7-18-2)5-11(16-12)17-13/h3-6H,7,13H2,1-2H3,(H,15,16,17). The lowest BCUT2D eigenvalue weighted by atomic mass is 10.2. The van der Waals surface area contributed by atoms with E-state index in [1.165, 1.54) is 0 Å². The van der Waals surface area contributed by atoms with Gasteiger partial charge in [-0.05, 0) is 19.1 Å². The second-order valence-electron chi connectivity index (χ2n) is 3.83. The van der Waals surface area contributed by atoms with Crippen molar-refractivity contribution in [3.63, 3.8) is 0 Å². The average Bonchev–Trinajstić information content (AvgIpc) is 2.39. The number of aromatic nitrogens is 3. The number of methoxy groups -OCH3 is 1. The van der Waals surface area contributed by atoms with Gasteiger partial charge >= 0.3 is 0 Å². The van der Waals surface area contributed by atoms with Gasteiger partial charge in [-0.2, -0.15) is 0 Å². The Balaban J connectivity index is 2.42. The van der Waals surface area contributed by atoms with E-state index in [0.29, 0.717) is 18.2 Å². The lowest BCUT2D eigenvalue weighted by Crippen LogP contribution is -2.11. The summed E-state index contributed by atoms with van der Waals surface area (Å²) in [6, 6.07) is 5.58. The average molecular weight is 245 g/mol. The van der Waals surface area contributed by atoms with E-state index in [0.717, 1.165) is 17.0 Å². The van der Waals surface area contributed by atoms with Crippen LogP contribution in [0.3, 0.4) is 0 Å². The zero-order chi connectivity index (χ0) is 13.0. The molecule has 0 aliphatic heterocycles. The molecule has 0 saturated carbocycles. The second-order valence-corrected chi connectivity index (χ2v) is 3.83. The molecule has 0 atom stereocenters. The molecule has 0 aliphatic carbocycles. The molecule has 2 rings (SSSR count). The number of hydrazine groups is 1. The Bertz CT molecular complexity index is 526. The number of hydrogen-bond acceptors (Lipinski definition) is 6. The first-order valence-corrected chi connectivity index (χ1v) is 5.49. The molecule has 3 N–H and O–H groups in total. The Morgan fingerprint density at radius 1 is 1.33 bits per heavy atom. The molecule has 2 aromatic heterocycles. The lowest BCUT2D eigenvalue weighted by Gasteiger charge is -2.07. The summed E-state index contributed by atoms with van der Waals surface area (Å²) in [4.78, 5) is 12.9. The summed E-state index contributed by atoms with van der Waals surface area (Å²) in [6.07, 6.45) is 1.74. The van der Waals surface area contributed by atoms with E-state index in [1.807, 2.05) is 19.1 Å². The molecule has 0 saturated heterocycles. The molecule has 6 nitrogen and oxygen atoms in total. The van der Waals surface area contributed by atoms with Crippen molar-refractivity contribution < 1.29 is 4.74 Å². The quantitative estimate of drug-likeness (QED) is 0.623. The van der Waals surface area contributed by atoms with Crippen molar-refractivity contribution in [2.45, 2.75) is 13.5 Å². The van der Waals surface area contributed by atoms with Crippen LogP contribution in [0.4, 0.5) is 5.82 Å². The van der Waals surface area contributed by atoms with Gasteiger partial charge in [0.1, 0.15) is 5.82 Å². The van der Waals surface area contributed by atoms with Gasteiger partial charge in [-0.1, -0.05) is 0 Å². The van der Waals surface area contributed by atoms with E-state index in [1.54, 1.807) is 19.4 Å². The van der Waals surface area contributed by atoms with E-state index in [9.17, 15) is 0 Å². The molecular weight excluding hydrogens is 230 g/mol. The van der Waals surface area contributed by atoms with Gasteiger partial charge in [0.25, 0.3) is 0 Å². The Morgan fingerprint density at radius 2 is 2.17 bits per heavy atom. The van der Waals surface area contributed by atoms with Crippen LogP contribution < -0.4 is 11.3 Å². The minimum atomic E-state index is 0.406. The summed E-state index contributed by atoms with van der Waals surface area (Å²) < 4.78 is 5.06. The highest BCUT2D eigenvalue weighted by atomic mass is 16.5. The summed E-state index contributed by atoms with van der Waals surface area (Å²) in [5.74, 6) is 6.51. The van der Waals surface area contributed by atoms with Crippen LogP contribution >= 0.6 is 0 Å². The first-order valence-electron chi connectivity index (χ1n) is 5.49. The van der Waals surface area contributed by atoms with E-state index >= 15 is 0 Å². The van der Waals surface area contributed by atoms with Crippen LogP contribution in [0.15, 0.2) is 24.4 Å². The van der Waals surface area contributed by atoms with Crippen LogP contribution in [0.2, 0.25) is 0 Å². The fourth-order valence-corrected chi connectivity index (χ4v) is 1.52. The van der Waals surface area contributed by atoms with Crippen molar-refractivity contribution in [2.24, 2.45) is 5.84 Å². The van der Waals surface area contributed by atoms with Crippen LogP contribution in [0.25, 0.3) is 11.4 Å². The van der Waals surface area contributed by atoms with E-state index in [-0.39, 0.29) is 0 Å². The number of anilines is 1. The largest absolute Gasteiger partial charge is 0.378 e. The zero-order valence-corrected chi connectivity index (χ0v) is 10.3. The Morgan fingerprint density at radius 3 is 2.78 bits per heavy atom. The third kappa shape index (κ3) is 2.79. The Kier molecular flexibility index (Phi) is 3.81. The summed E-state index contributed by atoms with van der Waals surface area (Å²) in [5, 5.41) is 0. The van der Waals surface area contributed by atoms with Crippen molar-refractivity contribution >= 4 is 5.82 Å². The van der Waals surface area contributed by atoms with Crippen LogP contribution in [0.1, 0.15) is 11.4 Å². The molecule has 6 heteroatoms. The number of aryl methyl sites for hydroxylation is 1. The van der Waals surface area contributed by atoms with Crippen molar-refractivity contribution in [2.75, 3.05) is 12.5 Å². The first kappa shape index (κ1) is 12.4. The normalized spacial score (nSPS) is 10.4. The van der Waals surface area contributed by atoms with E-state index < -0.39 is 0 Å². The number of ether oxygens (including phenoxy) is 1. The molecular formula is C12H15N5O. The van der Waals surface area contributed by atoms with Crippen molar-refractivity contribution in [3.8, 4) is 11.4 Å². The number of nitrogens with two attached hydrogens (primary N) is 1. The van der Waals surface area contributed by atoms with Gasteiger partial charge in [0.2, 0.25) is 0 Å². The third-order valence-corrected chi connectivity index (χ3v) is 2.39. The topological polar surface area (TPSA) is 86.0 Å². The van der Waals surface area contributed by atoms with Crippen molar-refractivity contribution in [3.05, 3.63) is 35.8 Å². The fourth-order valence-electron chi connectivity index (χ4n) is 1.52. The summed E-state index contributed by atoms with van der Waals surface area (Å²) in [5.41, 5.74) is 5.07. The number of pyridine rings is 1. The maximum Gasteiger partial charge on any atom is 0.163 e. The predicted octanol–water partition coefficient (Wildman–Crippen LogP) is 1.28. The molecule has 0 fully saturated rings. The molecule has 0 radical (unpaired) electrons. The second kappa shape index (κ2) is 5.52. The number of nitrogens with one attached hydrogen (secondary N) is 1. The zero-order valence-electron chi connectivity index (χ0n) is 10.3. The van der Waals surface area contributed by atoms with Crippen LogP contribution in [0.5, 0.6) is 0 Å². The Hall–Kier alpha value is -2.05. The van der Waals surface area contributed by atoms with Gasteiger partial charge in [-0.15, -0.1) is 0 Å². The number of hydrogen-bond donors (Lipinski definition) is 2. The molecule has 0 amide bonds. The predicted molar refractivity (Wildman–Crippen MR) is 68.5 cm³/mol. The highest BCUT2D eigenvalue weighted by Gasteiger charge is 2.06. The summed E-state index contributed by atoms with van der Waals surface area (Å²) >= 11 is 0. The first-order chi connectivity index (χ1) is 8.72. The smallest absolute Gasteiger partial charge is 0.163 e. The number of rotatable bonds is 4. The molecule has 0 bridgehead atoms. The molecule has 0 aromatic carbocycles. The fraction of sp³-hybridized carbons (Fsp3) is 0.250. The molecule has 94 valence electrons. The minimum absolute atomic E-state index is 0.406. The van der Waals surface area contributed by atoms with Crippen molar-refractivity contribution in [1.29, 1.82) is 0 Å². The maximum atomic E-state index is 5.39. The molecule has 2 aromatic rings.